The Labute approximate surface area is 238 Å². The molecule has 0 fully saturated rings. The third kappa shape index (κ3) is 7.24. The van der Waals surface area contributed by atoms with Gasteiger partial charge in [-0.2, -0.15) is 5.26 Å². The van der Waals surface area contributed by atoms with Crippen molar-refractivity contribution >= 4 is 39.8 Å². The number of halogens is 1. The molecule has 4 rings (SSSR count). The van der Waals surface area contributed by atoms with Gasteiger partial charge in [-0.3, -0.25) is 19.6 Å². The van der Waals surface area contributed by atoms with Gasteiger partial charge in [-0.1, -0.05) is 24.3 Å². The fraction of sp³-hybridized carbons (Fsp3) is 0.267. The molecule has 0 bridgehead atoms. The van der Waals surface area contributed by atoms with E-state index in [9.17, 15) is 10.1 Å². The second-order valence-electron chi connectivity index (χ2n) is 9.24. The van der Waals surface area contributed by atoms with Crippen molar-refractivity contribution in [2.75, 3.05) is 37.6 Å². The van der Waals surface area contributed by atoms with Gasteiger partial charge in [0.1, 0.15) is 18.4 Å². The lowest BCUT2D eigenvalue weighted by molar-refractivity contribution is -0.111. The summed E-state index contributed by atoms with van der Waals surface area (Å²) in [7, 11) is 3.84. The normalized spacial score (nSPS) is 14.8. The minimum atomic E-state index is -0.304. The Hall–Kier alpha value is -4.23. The molecule has 9 nitrogen and oxygen atoms in total. The van der Waals surface area contributed by atoms with Crippen molar-refractivity contribution in [3.05, 3.63) is 90.1 Å². The number of likely N-dealkylation sites (N-methyl/N-ethyl adjacent to an activating group) is 1. The van der Waals surface area contributed by atoms with Crippen LogP contribution in [0.2, 0.25) is 0 Å². The molecule has 2 heterocycles. The van der Waals surface area contributed by atoms with E-state index in [1.807, 2.05) is 62.3 Å². The van der Waals surface area contributed by atoms with E-state index in [2.05, 4.69) is 21.4 Å². The van der Waals surface area contributed by atoms with Gasteiger partial charge in [-0.05, 0) is 45.3 Å². The van der Waals surface area contributed by atoms with Crippen LogP contribution in [0.25, 0.3) is 10.9 Å². The van der Waals surface area contributed by atoms with E-state index in [0.717, 1.165) is 11.4 Å². The second kappa shape index (κ2) is 13.7. The molecule has 206 valence electrons. The van der Waals surface area contributed by atoms with Gasteiger partial charge in [0.25, 0.3) is 0 Å². The fourth-order valence-electron chi connectivity index (χ4n) is 4.10. The molecule has 0 aliphatic heterocycles. The summed E-state index contributed by atoms with van der Waals surface area (Å²) in [6, 6.07) is 11.3. The maximum Gasteiger partial charge on any atom is 0.248 e. The van der Waals surface area contributed by atoms with Crippen LogP contribution in [0.1, 0.15) is 24.6 Å². The van der Waals surface area contributed by atoms with E-state index in [0.29, 0.717) is 53.2 Å². The Balaban J connectivity index is 1.83. The Morgan fingerprint density at radius 3 is 2.85 bits per heavy atom. The molecule has 1 N–H and O–H groups in total. The van der Waals surface area contributed by atoms with E-state index in [1.54, 1.807) is 29.5 Å². The summed E-state index contributed by atoms with van der Waals surface area (Å²) in [5.74, 6) is 0.163. The lowest BCUT2D eigenvalue weighted by Gasteiger charge is -2.30. The first-order valence-electron chi connectivity index (χ1n) is 12.9. The number of ether oxygens (including phenoxy) is 1. The number of pyridine rings is 2. The van der Waals surface area contributed by atoms with Gasteiger partial charge in [0.15, 0.2) is 0 Å². The number of nitriles is 1. The van der Waals surface area contributed by atoms with Crippen LogP contribution in [0.3, 0.4) is 0 Å². The molecular formula is C30H31ClN6O3. The molecule has 10 heteroatoms. The monoisotopic (exact) mass is 558 g/mol. The number of carbonyl (C=O) groups is 1. The number of anilines is 2. The van der Waals surface area contributed by atoms with Gasteiger partial charge in [0.05, 0.1) is 40.1 Å². The van der Waals surface area contributed by atoms with Crippen molar-refractivity contribution in [2.45, 2.75) is 25.3 Å². The second-order valence-corrected chi connectivity index (χ2v) is 9.80. The molecule has 1 amide bonds. The van der Waals surface area contributed by atoms with Crippen LogP contribution < -0.4 is 15.1 Å². The maximum absolute atomic E-state index is 12.8. The van der Waals surface area contributed by atoms with Gasteiger partial charge in [-0.15, -0.1) is 11.6 Å². The van der Waals surface area contributed by atoms with E-state index in [1.165, 1.54) is 12.3 Å². The zero-order valence-electron chi connectivity index (χ0n) is 22.7. The van der Waals surface area contributed by atoms with Crippen LogP contribution >= 0.6 is 11.6 Å². The van der Waals surface area contributed by atoms with Gasteiger partial charge in [0, 0.05) is 48.6 Å². The number of hydrogen-bond donors (Lipinski definition) is 1. The Morgan fingerprint density at radius 1 is 1.30 bits per heavy atom. The topological polar surface area (TPSA) is 104 Å². The largest absolute Gasteiger partial charge is 0.492 e. The molecule has 1 aliphatic carbocycles. The van der Waals surface area contributed by atoms with Gasteiger partial charge >= 0.3 is 0 Å². The number of aromatic nitrogens is 2. The third-order valence-corrected chi connectivity index (χ3v) is 6.20. The molecule has 1 aliphatic rings. The highest BCUT2D eigenvalue weighted by Crippen LogP contribution is 2.39. The highest BCUT2D eigenvalue weighted by Gasteiger charge is 2.25. The summed E-state index contributed by atoms with van der Waals surface area (Å²) in [5.41, 5.74) is 3.27. The number of hydrogen-bond acceptors (Lipinski definition) is 8. The zero-order valence-corrected chi connectivity index (χ0v) is 23.4. The minimum absolute atomic E-state index is 0.154. The SMILES string of the molecule is CCOc1cc2ncc(C#N)c(N(OCc3ccccn3)C3=CC=CC(Cl)C3)c2cc1NC(=O)/C=C/CN(C)C. The summed E-state index contributed by atoms with van der Waals surface area (Å²) in [4.78, 5) is 29.9. The molecule has 1 atom stereocenters. The smallest absolute Gasteiger partial charge is 0.248 e. The number of benzene rings is 1. The fourth-order valence-corrected chi connectivity index (χ4v) is 4.35. The van der Waals surface area contributed by atoms with E-state index < -0.39 is 0 Å². The number of allylic oxidation sites excluding steroid dienone is 4. The number of nitrogens with zero attached hydrogens (tertiary/aromatic N) is 5. The molecule has 0 radical (unpaired) electrons. The number of nitrogens with one attached hydrogen (secondary N) is 1. The molecular weight excluding hydrogens is 528 g/mol. The van der Waals surface area contributed by atoms with Crippen LogP contribution in [0.5, 0.6) is 5.75 Å². The van der Waals surface area contributed by atoms with Crippen LogP contribution in [0, 0.1) is 11.3 Å². The minimum Gasteiger partial charge on any atom is -0.492 e. The summed E-state index contributed by atoms with van der Waals surface area (Å²) >= 11 is 6.48. The lowest BCUT2D eigenvalue weighted by Crippen LogP contribution is -2.27. The quantitative estimate of drug-likeness (QED) is 0.191. The maximum atomic E-state index is 12.8. The predicted octanol–water partition coefficient (Wildman–Crippen LogP) is 5.35. The lowest BCUT2D eigenvalue weighted by atomic mass is 10.1. The highest BCUT2D eigenvalue weighted by atomic mass is 35.5. The van der Waals surface area contributed by atoms with Gasteiger partial charge in [-0.25, -0.2) is 5.06 Å². The van der Waals surface area contributed by atoms with Crippen LogP contribution in [0.15, 0.2) is 78.8 Å². The molecule has 1 aromatic carbocycles. The van der Waals surface area contributed by atoms with E-state index >= 15 is 0 Å². The molecule has 2 aromatic heterocycles. The number of hydroxylamine groups is 1. The number of alkyl halides is 1. The number of rotatable bonds is 11. The molecule has 40 heavy (non-hydrogen) atoms. The number of carbonyl (C=O) groups excluding carboxylic acids is 1. The van der Waals surface area contributed by atoms with E-state index in [-0.39, 0.29) is 17.9 Å². The van der Waals surface area contributed by atoms with Gasteiger partial charge in [0.2, 0.25) is 5.91 Å². The van der Waals surface area contributed by atoms with Crippen molar-refractivity contribution in [3.8, 4) is 11.8 Å². The highest BCUT2D eigenvalue weighted by molar-refractivity contribution is 6.22. The average Bonchev–Trinajstić information content (AvgIpc) is 2.94. The number of fused-ring (bicyclic) bond motifs is 1. The molecule has 1 unspecified atom stereocenters. The zero-order chi connectivity index (χ0) is 28.5. The molecule has 0 saturated heterocycles. The third-order valence-electron chi connectivity index (χ3n) is 5.90. The molecule has 0 saturated carbocycles. The summed E-state index contributed by atoms with van der Waals surface area (Å²) in [6.07, 6.45) is 12.6. The Bertz CT molecular complexity index is 1480. The summed E-state index contributed by atoms with van der Waals surface area (Å²) in [5, 5.41) is 15.0. The van der Waals surface area contributed by atoms with Crippen molar-refractivity contribution in [1.29, 1.82) is 5.26 Å². The van der Waals surface area contributed by atoms with Gasteiger partial charge < -0.3 is 15.0 Å². The van der Waals surface area contributed by atoms with Crippen molar-refractivity contribution in [3.63, 3.8) is 0 Å². The van der Waals surface area contributed by atoms with Crippen LogP contribution in [-0.2, 0) is 16.2 Å². The summed E-state index contributed by atoms with van der Waals surface area (Å²) < 4.78 is 5.84. The first-order chi connectivity index (χ1) is 19.4. The average molecular weight is 559 g/mol. The van der Waals surface area contributed by atoms with E-state index in [4.69, 9.17) is 21.2 Å². The Morgan fingerprint density at radius 2 is 2.15 bits per heavy atom. The molecule has 0 spiro atoms. The van der Waals surface area contributed by atoms with Crippen LogP contribution in [0.4, 0.5) is 11.4 Å². The first kappa shape index (κ1) is 28.8. The van der Waals surface area contributed by atoms with Crippen LogP contribution in [-0.4, -0.2) is 53.4 Å². The van der Waals surface area contributed by atoms with Crippen molar-refractivity contribution in [1.82, 2.24) is 14.9 Å². The van der Waals surface area contributed by atoms with Crippen molar-refractivity contribution in [2.24, 2.45) is 0 Å². The summed E-state index contributed by atoms with van der Waals surface area (Å²) in [6.45, 7) is 3.03. The molecule has 3 aromatic rings. The standard InChI is InChI=1S/C30H31ClN6O3/c1-4-39-28-17-26-25(16-27(28)35-29(38)12-8-14-36(2)3)30(21(18-32)19-34-26)37(24-11-7-9-22(31)15-24)40-20-23-10-5-6-13-33-23/h5-13,16-17,19,22H,4,14-15,20H2,1-3H3,(H,35,38)/b12-8+. The first-order valence-corrected chi connectivity index (χ1v) is 13.3. The van der Waals surface area contributed by atoms with Crippen molar-refractivity contribution < 1.29 is 14.4 Å². The Kier molecular flexibility index (Phi) is 9.86. The number of amides is 1. The predicted molar refractivity (Wildman–Crippen MR) is 157 cm³/mol.